The highest BCUT2D eigenvalue weighted by molar-refractivity contribution is 5.72. The predicted molar refractivity (Wildman–Crippen MR) is 95.0 cm³/mol. The molecule has 0 radical (unpaired) electrons. The van der Waals surface area contributed by atoms with Crippen LogP contribution in [0.2, 0.25) is 0 Å². The summed E-state index contributed by atoms with van der Waals surface area (Å²) in [6.45, 7) is 8.53. The topological polar surface area (TPSA) is 151 Å². The Morgan fingerprint density at radius 2 is 1.52 bits per heavy atom. The van der Waals surface area contributed by atoms with Crippen LogP contribution in [0.5, 0.6) is 11.5 Å². The van der Waals surface area contributed by atoms with Crippen molar-refractivity contribution < 1.29 is 43.1 Å². The summed E-state index contributed by atoms with van der Waals surface area (Å²) in [6, 6.07) is 3.69. The molecule has 1 heterocycles. The van der Waals surface area contributed by atoms with Gasteiger partial charge in [0, 0.05) is 19.2 Å². The number of diazo groups is 1. The molecule has 0 saturated carbocycles. The first-order chi connectivity index (χ1) is 13.8. The first kappa shape index (κ1) is 25.2. The normalized spacial score (nSPS) is 13.9. The first-order valence-corrected chi connectivity index (χ1v) is 10.8. The van der Waals surface area contributed by atoms with Crippen molar-refractivity contribution in [1.82, 2.24) is 0 Å². The van der Waals surface area contributed by atoms with E-state index in [2.05, 4.69) is 23.7 Å². The zero-order chi connectivity index (χ0) is 21.7. The maximum absolute atomic E-state index is 9.33. The van der Waals surface area contributed by atoms with Crippen molar-refractivity contribution in [3.8, 4) is 11.5 Å². The van der Waals surface area contributed by atoms with E-state index in [4.69, 9.17) is 32.8 Å². The summed E-state index contributed by atoms with van der Waals surface area (Å²) in [5, 5.41) is 9.33. The van der Waals surface area contributed by atoms with Gasteiger partial charge in [-0.3, -0.25) is 0 Å². The van der Waals surface area contributed by atoms with Gasteiger partial charge in [0.25, 0.3) is 0 Å². The number of morpholine rings is 1. The maximum Gasteiger partial charge on any atom is 0.430 e. The lowest BCUT2D eigenvalue weighted by molar-refractivity contribution is -2.00. The third kappa shape index (κ3) is 10.5. The van der Waals surface area contributed by atoms with Crippen molar-refractivity contribution in [3.63, 3.8) is 0 Å². The van der Waals surface area contributed by atoms with Crippen LogP contribution in [0.1, 0.15) is 39.5 Å². The molecule has 0 bridgehead atoms. The Bertz CT molecular complexity index is 638. The van der Waals surface area contributed by atoms with E-state index in [-0.39, 0.29) is 0 Å². The van der Waals surface area contributed by atoms with Crippen LogP contribution in [0.4, 0.5) is 11.4 Å². The van der Waals surface area contributed by atoms with Gasteiger partial charge in [-0.1, -0.05) is 26.7 Å². The number of ether oxygens (including phenoxy) is 3. The summed E-state index contributed by atoms with van der Waals surface area (Å²) in [5.41, 5.74) is 1.39. The standard InChI is InChI=1S/C18H28N3O3.ClHO4/c1-3-5-9-23-17-14-16(21-7-11-22-12-8-21)18(13-15(17)20-19)24-10-6-4-2;2-1(3,4)5/h13-14H,3-12H2,1-2H3;(H,2,3,4,5)/q+1;/p-1. The largest absolute Gasteiger partial charge is 0.491 e. The zero-order valence-corrected chi connectivity index (χ0v) is 17.6. The van der Waals surface area contributed by atoms with Crippen LogP contribution >= 0.6 is 0 Å². The van der Waals surface area contributed by atoms with Gasteiger partial charge in [0.15, 0.2) is 10.7 Å². The van der Waals surface area contributed by atoms with Crippen molar-refractivity contribution >= 4 is 11.4 Å². The van der Waals surface area contributed by atoms with Crippen molar-refractivity contribution in [3.05, 3.63) is 17.1 Å². The van der Waals surface area contributed by atoms with Gasteiger partial charge in [0.05, 0.1) is 38.2 Å². The summed E-state index contributed by atoms with van der Waals surface area (Å²) in [4.78, 5) is 5.61. The van der Waals surface area contributed by atoms with Crippen LogP contribution in [0, 0.1) is 15.6 Å². The van der Waals surface area contributed by atoms with E-state index in [9.17, 15) is 5.39 Å². The molecule has 10 nitrogen and oxygen atoms in total. The van der Waals surface area contributed by atoms with Crippen LogP contribution in [-0.4, -0.2) is 39.5 Å². The summed E-state index contributed by atoms with van der Waals surface area (Å²) < 4.78 is 51.2. The molecule has 0 unspecified atom stereocenters. The number of hydrogen-bond donors (Lipinski definition) is 0. The second kappa shape index (κ2) is 13.4. The molecule has 0 spiro atoms. The Morgan fingerprint density at radius 3 is 2.00 bits per heavy atom. The number of unbranched alkanes of at least 4 members (excludes halogenated alkanes) is 2. The number of anilines is 1. The zero-order valence-electron chi connectivity index (χ0n) is 16.8. The van der Waals surface area contributed by atoms with E-state index in [1.807, 2.05) is 6.07 Å². The van der Waals surface area contributed by atoms with Crippen LogP contribution in [0.3, 0.4) is 0 Å². The van der Waals surface area contributed by atoms with Crippen molar-refractivity contribution in [2.75, 3.05) is 44.4 Å². The van der Waals surface area contributed by atoms with E-state index < -0.39 is 10.2 Å². The molecule has 164 valence electrons. The number of hydrogen-bond acceptors (Lipinski definition) is 9. The fraction of sp³-hybridized carbons (Fsp3) is 0.667. The maximum atomic E-state index is 9.33. The van der Waals surface area contributed by atoms with Crippen LogP contribution in [-0.2, 0) is 4.74 Å². The molecule has 11 heteroatoms. The molecule has 0 aliphatic carbocycles. The molecule has 0 amide bonds. The number of rotatable bonds is 9. The second-order valence-corrected chi connectivity index (χ2v) is 7.03. The average molecular weight is 434 g/mol. The number of nitrogens with zero attached hydrogens (tertiary/aromatic N) is 3. The van der Waals surface area contributed by atoms with Gasteiger partial charge in [-0.15, -0.1) is 10.2 Å². The van der Waals surface area contributed by atoms with E-state index in [1.54, 1.807) is 6.07 Å². The van der Waals surface area contributed by atoms with Gasteiger partial charge in [0.1, 0.15) is 0 Å². The van der Waals surface area contributed by atoms with E-state index in [0.717, 1.165) is 50.2 Å². The minimum absolute atomic E-state index is 0.412. The van der Waals surface area contributed by atoms with Crippen LogP contribution in [0.25, 0.3) is 4.98 Å². The molecule has 1 fully saturated rings. The summed E-state index contributed by atoms with van der Waals surface area (Å²) in [7, 11) is -4.94. The average Bonchev–Trinajstić information content (AvgIpc) is 2.68. The molecule has 1 aliphatic heterocycles. The predicted octanol–water partition coefficient (Wildman–Crippen LogP) is -0.390. The van der Waals surface area contributed by atoms with Gasteiger partial charge in [0.2, 0.25) is 11.1 Å². The van der Waals surface area contributed by atoms with E-state index in [1.165, 1.54) is 0 Å². The smallest absolute Gasteiger partial charge is 0.430 e. The van der Waals surface area contributed by atoms with Crippen molar-refractivity contribution in [2.45, 2.75) is 39.5 Å². The van der Waals surface area contributed by atoms with Crippen LogP contribution < -0.4 is 33.0 Å². The lowest BCUT2D eigenvalue weighted by Gasteiger charge is -2.30. The Labute approximate surface area is 173 Å². The minimum atomic E-state index is -4.94. The molecule has 2 rings (SSSR count). The Morgan fingerprint density at radius 1 is 1.00 bits per heavy atom. The number of halogens is 1. The lowest BCUT2D eigenvalue weighted by atomic mass is 10.2. The Kier molecular flexibility index (Phi) is 11.6. The fourth-order valence-electron chi connectivity index (χ4n) is 2.55. The summed E-state index contributed by atoms with van der Waals surface area (Å²) in [5.74, 6) is 1.33. The summed E-state index contributed by atoms with van der Waals surface area (Å²) >= 11 is 0. The Balaban J connectivity index is 0.000000749. The van der Waals surface area contributed by atoms with Gasteiger partial charge in [-0.25, -0.2) is 18.6 Å². The molecule has 1 aromatic rings. The van der Waals surface area contributed by atoms with Gasteiger partial charge >= 0.3 is 5.69 Å². The monoisotopic (exact) mass is 433 g/mol. The third-order valence-electron chi connectivity index (χ3n) is 4.01. The summed E-state index contributed by atoms with van der Waals surface area (Å²) in [6.07, 6.45) is 4.08. The molecular weight excluding hydrogens is 406 g/mol. The molecular formula is C18H28ClN3O7. The quantitative estimate of drug-likeness (QED) is 0.374. The highest BCUT2D eigenvalue weighted by atomic mass is 35.7. The lowest BCUT2D eigenvalue weighted by Crippen LogP contribution is -2.68. The fourth-order valence-corrected chi connectivity index (χ4v) is 2.55. The number of benzene rings is 1. The molecule has 1 saturated heterocycles. The van der Waals surface area contributed by atoms with Crippen molar-refractivity contribution in [1.29, 1.82) is 5.39 Å². The molecule has 0 N–H and O–H groups in total. The van der Waals surface area contributed by atoms with Crippen molar-refractivity contribution in [2.24, 2.45) is 0 Å². The van der Waals surface area contributed by atoms with Crippen LogP contribution in [0.15, 0.2) is 12.1 Å². The Hall–Kier alpha value is -1.87. The molecule has 0 atom stereocenters. The molecule has 1 aromatic carbocycles. The SMILES string of the molecule is CCCCOc1cc(N2CCOCC2)c(OCCCC)cc1[N+]#N.[O-][Cl+3]([O-])([O-])[O-]. The third-order valence-corrected chi connectivity index (χ3v) is 4.01. The molecule has 1 aliphatic rings. The van der Waals surface area contributed by atoms with Gasteiger partial charge < -0.3 is 19.1 Å². The highest BCUT2D eigenvalue weighted by Gasteiger charge is 2.24. The minimum Gasteiger partial charge on any atom is -0.491 e. The van der Waals surface area contributed by atoms with E-state index >= 15 is 0 Å². The molecule has 29 heavy (non-hydrogen) atoms. The second-order valence-electron chi connectivity index (χ2n) is 6.27. The highest BCUT2D eigenvalue weighted by Crippen LogP contribution is 2.40. The first-order valence-electron chi connectivity index (χ1n) is 9.53. The molecule has 0 aromatic heterocycles. The van der Waals surface area contributed by atoms with E-state index in [0.29, 0.717) is 37.9 Å². The van der Waals surface area contributed by atoms with Gasteiger partial charge in [-0.2, -0.15) is 0 Å². The van der Waals surface area contributed by atoms with Gasteiger partial charge in [-0.05, 0) is 12.8 Å².